The van der Waals surface area contributed by atoms with E-state index in [9.17, 15) is 18.3 Å². The van der Waals surface area contributed by atoms with Crippen LogP contribution < -0.4 is 4.90 Å². The van der Waals surface area contributed by atoms with E-state index in [2.05, 4.69) is 21.9 Å². The second-order valence-corrected chi connectivity index (χ2v) is 11.6. The van der Waals surface area contributed by atoms with E-state index in [0.29, 0.717) is 19.5 Å². The molecule has 0 amide bonds. The van der Waals surface area contributed by atoms with Crippen LogP contribution in [0.15, 0.2) is 65.6 Å². The molecule has 4 rings (SSSR count). The van der Waals surface area contributed by atoms with Crippen LogP contribution in [0.25, 0.3) is 0 Å². The van der Waals surface area contributed by atoms with Crippen LogP contribution in [0.4, 0.5) is 5.69 Å². The molecule has 0 aromatic heterocycles. The Balaban J connectivity index is 1.46. The Labute approximate surface area is 214 Å². The maximum Gasteiger partial charge on any atom is 0.303 e. The zero-order valence-corrected chi connectivity index (χ0v) is 21.6. The van der Waals surface area contributed by atoms with Crippen molar-refractivity contribution >= 4 is 21.7 Å². The number of aliphatic carboxylic acids is 1. The van der Waals surface area contributed by atoms with Crippen LogP contribution in [0.2, 0.25) is 0 Å². The van der Waals surface area contributed by atoms with Crippen molar-refractivity contribution in [3.05, 3.63) is 60.7 Å². The number of para-hydroxylation sites is 1. The number of sulfonamides is 1. The summed E-state index contributed by atoms with van der Waals surface area (Å²) in [7, 11) is -3.61. The second-order valence-electron chi connectivity index (χ2n) is 9.65. The summed E-state index contributed by atoms with van der Waals surface area (Å²) in [6.07, 6.45) is 1.36. The van der Waals surface area contributed by atoms with Gasteiger partial charge in [0.05, 0.1) is 18.1 Å². The number of piperidine rings is 1. The smallest absolute Gasteiger partial charge is 0.303 e. The minimum atomic E-state index is -3.61. The zero-order valence-electron chi connectivity index (χ0n) is 20.7. The first-order valence-corrected chi connectivity index (χ1v) is 14.2. The van der Waals surface area contributed by atoms with E-state index in [0.717, 1.165) is 58.0 Å². The first-order chi connectivity index (χ1) is 17.4. The topological polar surface area (TPSA) is 90.4 Å². The molecule has 0 unspecified atom stereocenters. The van der Waals surface area contributed by atoms with E-state index in [1.165, 1.54) is 0 Å². The highest BCUT2D eigenvalue weighted by Crippen LogP contribution is 2.33. The van der Waals surface area contributed by atoms with Crippen LogP contribution in [-0.2, 0) is 19.6 Å². The van der Waals surface area contributed by atoms with Crippen molar-refractivity contribution in [2.45, 2.75) is 24.2 Å². The maximum absolute atomic E-state index is 13.3. The number of rotatable bonds is 11. The Morgan fingerprint density at radius 3 is 2.28 bits per heavy atom. The molecule has 0 bridgehead atoms. The monoisotopic (exact) mass is 515 g/mol. The van der Waals surface area contributed by atoms with Gasteiger partial charge in [0.25, 0.3) is 0 Å². The van der Waals surface area contributed by atoms with Gasteiger partial charge in [-0.05, 0) is 48.9 Å². The summed E-state index contributed by atoms with van der Waals surface area (Å²) >= 11 is 0. The fourth-order valence-electron chi connectivity index (χ4n) is 5.24. The van der Waals surface area contributed by atoms with E-state index in [1.807, 2.05) is 18.2 Å². The molecule has 2 saturated heterocycles. The summed E-state index contributed by atoms with van der Waals surface area (Å²) < 4.78 is 33.6. The van der Waals surface area contributed by atoms with Crippen LogP contribution in [0.1, 0.15) is 19.3 Å². The SMILES string of the molecule is O=C(O)C[C@@H]1CCN(S(=O)(=O)c2ccccc2)C[C@H]1CCN(CCN1CCOCC1)c1ccccc1. The van der Waals surface area contributed by atoms with Gasteiger partial charge in [0, 0.05) is 57.9 Å². The Hall–Kier alpha value is -2.46. The van der Waals surface area contributed by atoms with Crippen LogP contribution >= 0.6 is 0 Å². The van der Waals surface area contributed by atoms with E-state index >= 15 is 0 Å². The lowest BCUT2D eigenvalue weighted by atomic mass is 9.82. The number of hydrogen-bond donors (Lipinski definition) is 1. The molecule has 2 heterocycles. The molecule has 9 heteroatoms. The minimum Gasteiger partial charge on any atom is -0.481 e. The Morgan fingerprint density at radius 2 is 1.61 bits per heavy atom. The predicted octanol–water partition coefficient (Wildman–Crippen LogP) is 3.02. The predicted molar refractivity (Wildman–Crippen MR) is 140 cm³/mol. The molecule has 2 aromatic rings. The highest BCUT2D eigenvalue weighted by molar-refractivity contribution is 7.89. The molecule has 2 atom stereocenters. The first-order valence-electron chi connectivity index (χ1n) is 12.8. The Morgan fingerprint density at radius 1 is 0.944 bits per heavy atom. The molecule has 0 aliphatic carbocycles. The van der Waals surface area contributed by atoms with E-state index in [-0.39, 0.29) is 23.2 Å². The molecule has 8 nitrogen and oxygen atoms in total. The van der Waals surface area contributed by atoms with Crippen molar-refractivity contribution in [1.82, 2.24) is 9.21 Å². The molecule has 2 fully saturated rings. The van der Waals surface area contributed by atoms with Crippen LogP contribution in [-0.4, -0.2) is 87.7 Å². The van der Waals surface area contributed by atoms with E-state index < -0.39 is 16.0 Å². The van der Waals surface area contributed by atoms with Gasteiger partial charge in [-0.25, -0.2) is 8.42 Å². The molecule has 2 aromatic carbocycles. The number of carboxylic acid groups (broad SMARTS) is 1. The third kappa shape index (κ3) is 7.06. The van der Waals surface area contributed by atoms with Crippen molar-refractivity contribution in [3.8, 4) is 0 Å². The zero-order chi connectivity index (χ0) is 25.4. The summed E-state index contributed by atoms with van der Waals surface area (Å²) in [5.41, 5.74) is 1.13. The van der Waals surface area contributed by atoms with Gasteiger partial charge in [-0.3, -0.25) is 9.69 Å². The van der Waals surface area contributed by atoms with Gasteiger partial charge in [0.1, 0.15) is 0 Å². The van der Waals surface area contributed by atoms with Crippen molar-refractivity contribution < 1.29 is 23.1 Å². The average Bonchev–Trinajstić information content (AvgIpc) is 2.90. The number of ether oxygens (including phenoxy) is 1. The fraction of sp³-hybridized carbons (Fsp3) is 0.519. The quantitative estimate of drug-likeness (QED) is 0.492. The summed E-state index contributed by atoms with van der Waals surface area (Å²) in [6.45, 7) is 6.60. The number of anilines is 1. The lowest BCUT2D eigenvalue weighted by molar-refractivity contribution is -0.138. The molecule has 196 valence electrons. The lowest BCUT2D eigenvalue weighted by Crippen LogP contribution is -2.46. The van der Waals surface area contributed by atoms with Crippen molar-refractivity contribution in [2.75, 3.05) is 63.9 Å². The van der Waals surface area contributed by atoms with Gasteiger partial charge in [-0.15, -0.1) is 0 Å². The Kier molecular flexibility index (Phi) is 9.36. The van der Waals surface area contributed by atoms with Crippen molar-refractivity contribution in [2.24, 2.45) is 11.8 Å². The number of carbonyl (C=O) groups is 1. The molecule has 0 radical (unpaired) electrons. The molecule has 2 aliphatic rings. The molecular weight excluding hydrogens is 478 g/mol. The lowest BCUT2D eigenvalue weighted by Gasteiger charge is -2.39. The number of morpholine rings is 1. The third-order valence-electron chi connectivity index (χ3n) is 7.35. The van der Waals surface area contributed by atoms with Crippen LogP contribution in [0.3, 0.4) is 0 Å². The minimum absolute atomic E-state index is 0.0251. The third-order valence-corrected chi connectivity index (χ3v) is 9.23. The van der Waals surface area contributed by atoms with E-state index in [4.69, 9.17) is 4.74 Å². The molecular formula is C27H37N3O5S. The summed E-state index contributed by atoms with van der Waals surface area (Å²) in [5, 5.41) is 9.51. The maximum atomic E-state index is 13.3. The molecule has 1 N–H and O–H groups in total. The molecule has 2 aliphatic heterocycles. The standard InChI is InChI=1S/C27H37N3O5S/c31-27(32)21-23-12-14-30(36(33,34)26-9-5-2-6-10-26)22-24(23)11-13-29(25-7-3-1-4-8-25)16-15-28-17-19-35-20-18-28/h1-10,23-24H,11-22H2,(H,31,32)/t23-,24+/m0/s1. The highest BCUT2D eigenvalue weighted by Gasteiger charge is 2.36. The number of benzene rings is 2. The van der Waals surface area contributed by atoms with Crippen LogP contribution in [0.5, 0.6) is 0 Å². The van der Waals surface area contributed by atoms with E-state index in [1.54, 1.807) is 34.6 Å². The molecule has 0 spiro atoms. The summed E-state index contributed by atoms with van der Waals surface area (Å²) in [5.74, 6) is -0.888. The number of nitrogens with zero attached hydrogens (tertiary/aromatic N) is 3. The fourth-order valence-corrected chi connectivity index (χ4v) is 6.78. The summed E-state index contributed by atoms with van der Waals surface area (Å²) in [4.78, 5) is 16.6. The van der Waals surface area contributed by atoms with Gasteiger partial charge < -0.3 is 14.7 Å². The van der Waals surface area contributed by atoms with Crippen molar-refractivity contribution in [3.63, 3.8) is 0 Å². The van der Waals surface area contributed by atoms with Crippen LogP contribution in [0, 0.1) is 11.8 Å². The molecule has 36 heavy (non-hydrogen) atoms. The second kappa shape index (κ2) is 12.7. The van der Waals surface area contributed by atoms with Gasteiger partial charge in [0.15, 0.2) is 0 Å². The first kappa shape index (κ1) is 26.6. The Bertz CT molecular complexity index is 1060. The number of carboxylic acids is 1. The van der Waals surface area contributed by atoms with Gasteiger partial charge in [0.2, 0.25) is 10.0 Å². The van der Waals surface area contributed by atoms with Gasteiger partial charge in [-0.1, -0.05) is 36.4 Å². The normalized spacial score (nSPS) is 21.8. The average molecular weight is 516 g/mol. The summed E-state index contributed by atoms with van der Waals surface area (Å²) in [6, 6.07) is 18.8. The van der Waals surface area contributed by atoms with Crippen molar-refractivity contribution in [1.29, 1.82) is 0 Å². The molecule has 0 saturated carbocycles. The van der Waals surface area contributed by atoms with Gasteiger partial charge >= 0.3 is 5.97 Å². The van der Waals surface area contributed by atoms with Gasteiger partial charge in [-0.2, -0.15) is 4.31 Å². The highest BCUT2D eigenvalue weighted by atomic mass is 32.2. The largest absolute Gasteiger partial charge is 0.481 e. The number of hydrogen-bond acceptors (Lipinski definition) is 6.